The first-order chi connectivity index (χ1) is 18.6. The molecule has 2 aliphatic carbocycles. The maximum absolute atomic E-state index is 14.3. The van der Waals surface area contributed by atoms with Gasteiger partial charge in [-0.2, -0.15) is 0 Å². The first kappa shape index (κ1) is 26.2. The number of aliphatic hydroxyl groups excluding tert-OH is 2. The highest BCUT2D eigenvalue weighted by molar-refractivity contribution is 6.13. The van der Waals surface area contributed by atoms with Gasteiger partial charge in [-0.25, -0.2) is 0 Å². The number of epoxide rings is 1. The van der Waals surface area contributed by atoms with E-state index in [-0.39, 0.29) is 41.6 Å². The molecule has 1 saturated carbocycles. The molecule has 39 heavy (non-hydrogen) atoms. The average Bonchev–Trinajstić information content (AvgIpc) is 3.31. The molecule has 6 rings (SSSR count). The normalized spacial score (nSPS) is 44.9. The van der Waals surface area contributed by atoms with Gasteiger partial charge in [-0.05, 0) is 67.9 Å². The highest BCUT2D eigenvalue weighted by Gasteiger charge is 2.78. The number of ketones is 1. The van der Waals surface area contributed by atoms with Crippen molar-refractivity contribution in [2.24, 2.45) is 29.1 Å². The maximum Gasteiger partial charge on any atom is 0.235 e. The van der Waals surface area contributed by atoms with Crippen molar-refractivity contribution in [1.29, 1.82) is 0 Å². The zero-order chi connectivity index (χ0) is 27.7. The van der Waals surface area contributed by atoms with Crippen LogP contribution < -0.4 is 5.32 Å². The summed E-state index contributed by atoms with van der Waals surface area (Å²) in [4.78, 5) is 31.8. The number of H-pyrrole nitrogens is 1. The largest absolute Gasteiger partial charge is 0.386 e. The van der Waals surface area contributed by atoms with E-state index >= 15 is 0 Å². The van der Waals surface area contributed by atoms with Crippen molar-refractivity contribution in [3.63, 3.8) is 0 Å². The van der Waals surface area contributed by atoms with E-state index in [1.54, 1.807) is 6.92 Å². The van der Waals surface area contributed by atoms with Crippen molar-refractivity contribution in [3.05, 3.63) is 72.0 Å². The smallest absolute Gasteiger partial charge is 0.235 e. The molecule has 1 amide bonds. The maximum atomic E-state index is 14.3. The predicted octanol–water partition coefficient (Wildman–Crippen LogP) is 3.62. The van der Waals surface area contributed by atoms with Crippen LogP contribution in [0.5, 0.6) is 0 Å². The molecule has 4 aliphatic rings. The molecule has 10 unspecified atom stereocenters. The van der Waals surface area contributed by atoms with Crippen molar-refractivity contribution in [2.45, 2.75) is 70.5 Å². The first-order valence-corrected chi connectivity index (χ1v) is 14.1. The second kappa shape index (κ2) is 9.29. The Morgan fingerprint density at radius 2 is 1.90 bits per heavy atom. The summed E-state index contributed by atoms with van der Waals surface area (Å²) in [5.74, 6) is -1.33. The van der Waals surface area contributed by atoms with Crippen molar-refractivity contribution in [3.8, 4) is 0 Å². The van der Waals surface area contributed by atoms with Crippen LogP contribution in [0.3, 0.4) is 0 Å². The van der Waals surface area contributed by atoms with Crippen molar-refractivity contribution >= 4 is 22.6 Å². The summed E-state index contributed by atoms with van der Waals surface area (Å²) >= 11 is 0. The van der Waals surface area contributed by atoms with Gasteiger partial charge in [0.15, 0.2) is 5.78 Å². The predicted molar refractivity (Wildman–Crippen MR) is 149 cm³/mol. The molecular formula is C32H38N2O5. The molecule has 2 aromatic rings. The minimum atomic E-state index is -1.37. The van der Waals surface area contributed by atoms with Crippen LogP contribution in [-0.4, -0.2) is 56.8 Å². The number of nitrogens with one attached hydrogen (secondary N) is 2. The number of rotatable bonds is 2. The van der Waals surface area contributed by atoms with Gasteiger partial charge in [0, 0.05) is 35.0 Å². The molecule has 1 spiro atoms. The fourth-order valence-corrected chi connectivity index (χ4v) is 7.76. The summed E-state index contributed by atoms with van der Waals surface area (Å²) < 4.78 is 6.34. The number of amides is 1. The second-order valence-electron chi connectivity index (χ2n) is 12.3. The molecule has 0 radical (unpaired) electrons. The molecule has 7 nitrogen and oxygen atoms in total. The van der Waals surface area contributed by atoms with Crippen molar-refractivity contribution in [2.75, 3.05) is 0 Å². The number of hydrogen-bond donors (Lipinski definition) is 4. The van der Waals surface area contributed by atoms with Gasteiger partial charge >= 0.3 is 0 Å². The average molecular weight is 531 g/mol. The molecule has 0 bridgehead atoms. The van der Waals surface area contributed by atoms with Crippen LogP contribution in [0.2, 0.25) is 0 Å². The molecular weight excluding hydrogens is 492 g/mol. The standard InChI is InChI=1S/C32H38N2O5/c1-17-8-7-10-22-29-31(4,39-29)19(3)27-24(15-20-16-33-23-11-6-5-9-21(20)23)34-30(38)32(22,27)26(36)13-12-25(35)28(37)18(2)14-17/h5-7,9-14,16-17,19,22,24-25,27-29,33,35,37H,8,15H2,1-4H3,(H,34,38)/b10-7-,13-12-,18-14-. The Morgan fingerprint density at radius 3 is 2.69 bits per heavy atom. The molecule has 7 heteroatoms. The van der Waals surface area contributed by atoms with Crippen LogP contribution in [0.25, 0.3) is 10.9 Å². The number of ether oxygens (including phenoxy) is 1. The number of allylic oxidation sites excluding steroid dienone is 3. The number of carbonyl (C=O) groups is 2. The zero-order valence-electron chi connectivity index (χ0n) is 22.9. The summed E-state index contributed by atoms with van der Waals surface area (Å²) in [6, 6.07) is 7.82. The minimum absolute atomic E-state index is 0.0623. The second-order valence-corrected chi connectivity index (χ2v) is 12.3. The molecule has 1 aromatic heterocycles. The van der Waals surface area contributed by atoms with Crippen LogP contribution in [0, 0.1) is 29.1 Å². The van der Waals surface area contributed by atoms with E-state index in [4.69, 9.17) is 4.74 Å². The molecule has 3 fully saturated rings. The summed E-state index contributed by atoms with van der Waals surface area (Å²) in [5, 5.41) is 25.7. The van der Waals surface area contributed by atoms with Gasteiger partial charge in [-0.1, -0.05) is 50.3 Å². The van der Waals surface area contributed by atoms with E-state index in [1.807, 2.05) is 49.5 Å². The highest BCUT2D eigenvalue weighted by Crippen LogP contribution is 2.66. The van der Waals surface area contributed by atoms with Crippen LogP contribution in [0.4, 0.5) is 0 Å². The van der Waals surface area contributed by atoms with Crippen molar-refractivity contribution in [1.82, 2.24) is 10.3 Å². The Balaban J connectivity index is 1.46. The summed E-state index contributed by atoms with van der Waals surface area (Å²) in [7, 11) is 0. The van der Waals surface area contributed by atoms with E-state index < -0.39 is 29.1 Å². The van der Waals surface area contributed by atoms with Crippen LogP contribution in [0.1, 0.15) is 39.7 Å². The van der Waals surface area contributed by atoms with Gasteiger partial charge in [-0.15, -0.1) is 0 Å². The molecule has 4 N–H and O–H groups in total. The summed E-state index contributed by atoms with van der Waals surface area (Å²) in [6.45, 7) is 8.03. The Kier molecular flexibility index (Phi) is 6.25. The number of benzene rings is 1. The summed E-state index contributed by atoms with van der Waals surface area (Å²) in [5.41, 5.74) is 0.987. The van der Waals surface area contributed by atoms with Crippen molar-refractivity contribution < 1.29 is 24.5 Å². The number of fused-ring (bicyclic) bond motifs is 3. The number of aromatic amines is 1. The van der Waals surface area contributed by atoms with E-state index in [2.05, 4.69) is 30.2 Å². The minimum Gasteiger partial charge on any atom is -0.386 e. The van der Waals surface area contributed by atoms with Gasteiger partial charge < -0.3 is 25.3 Å². The molecule has 2 saturated heterocycles. The van der Waals surface area contributed by atoms with E-state index in [9.17, 15) is 19.8 Å². The van der Waals surface area contributed by atoms with Gasteiger partial charge in [0.25, 0.3) is 0 Å². The fourth-order valence-electron chi connectivity index (χ4n) is 7.76. The zero-order valence-corrected chi connectivity index (χ0v) is 22.9. The van der Waals surface area contributed by atoms with Crippen LogP contribution in [0.15, 0.2) is 66.4 Å². The van der Waals surface area contributed by atoms with Gasteiger partial charge in [-0.3, -0.25) is 9.59 Å². The third kappa shape index (κ3) is 3.89. The molecule has 1 aromatic carbocycles. The molecule has 206 valence electrons. The number of hydrogen-bond acceptors (Lipinski definition) is 5. The topological polar surface area (TPSA) is 115 Å². The number of carbonyl (C=O) groups excluding carboxylic acids is 2. The quantitative estimate of drug-likeness (QED) is 0.269. The molecule has 3 heterocycles. The number of para-hydroxylation sites is 1. The van der Waals surface area contributed by atoms with Gasteiger partial charge in [0.1, 0.15) is 17.6 Å². The monoisotopic (exact) mass is 530 g/mol. The lowest BCUT2D eigenvalue weighted by atomic mass is 9.51. The third-order valence-electron chi connectivity index (χ3n) is 9.99. The SMILES string of the molecule is C/C1=C/C(C)C/C=C\C2C3OC3(C)C(C)C3C(Cc4c[nH]c5ccccc45)NC(=O)C23C(=O)/C=C\C(O)C1O. The lowest BCUT2D eigenvalue weighted by Gasteiger charge is -2.45. The van der Waals surface area contributed by atoms with E-state index in [0.29, 0.717) is 18.4 Å². The van der Waals surface area contributed by atoms with Crippen LogP contribution >= 0.6 is 0 Å². The lowest BCUT2D eigenvalue weighted by Crippen LogP contribution is -2.58. The Morgan fingerprint density at radius 1 is 1.13 bits per heavy atom. The Bertz CT molecular complexity index is 1410. The van der Waals surface area contributed by atoms with E-state index in [1.165, 1.54) is 12.2 Å². The lowest BCUT2D eigenvalue weighted by molar-refractivity contribution is -0.145. The van der Waals surface area contributed by atoms with Crippen LogP contribution in [-0.2, 0) is 20.7 Å². The molecule has 10 atom stereocenters. The highest BCUT2D eigenvalue weighted by atomic mass is 16.6. The fraction of sp³-hybridized carbons (Fsp3) is 0.500. The number of aromatic nitrogens is 1. The molecule has 2 aliphatic heterocycles. The first-order valence-electron chi connectivity index (χ1n) is 14.1. The Labute approximate surface area is 229 Å². The van der Waals surface area contributed by atoms with Gasteiger partial charge in [0.05, 0.1) is 11.7 Å². The Hall–Kier alpha value is -3.00. The summed E-state index contributed by atoms with van der Waals surface area (Å²) in [6.07, 6.45) is 9.31. The number of aliphatic hydroxyl groups is 2. The third-order valence-corrected chi connectivity index (χ3v) is 9.99. The van der Waals surface area contributed by atoms with Gasteiger partial charge in [0.2, 0.25) is 5.91 Å². The van der Waals surface area contributed by atoms with E-state index in [0.717, 1.165) is 16.5 Å².